The van der Waals surface area contributed by atoms with Crippen LogP contribution in [0.3, 0.4) is 0 Å². The summed E-state index contributed by atoms with van der Waals surface area (Å²) in [5, 5.41) is 15.5. The molecule has 2 aliphatic rings. The first-order chi connectivity index (χ1) is 10.1. The minimum absolute atomic E-state index is 0.0351. The number of amides is 1. The van der Waals surface area contributed by atoms with Gasteiger partial charge in [0.1, 0.15) is 5.54 Å². The highest BCUT2D eigenvalue weighted by Crippen LogP contribution is 2.42. The summed E-state index contributed by atoms with van der Waals surface area (Å²) < 4.78 is 0. The Morgan fingerprint density at radius 2 is 2.10 bits per heavy atom. The molecule has 112 valence electrons. The number of carbonyl (C=O) groups is 2. The number of nitrogens with one attached hydrogen (secondary N) is 2. The van der Waals surface area contributed by atoms with E-state index < -0.39 is 11.5 Å². The number of hydrogen-bond acceptors (Lipinski definition) is 3. The zero-order chi connectivity index (χ0) is 15.0. The highest BCUT2D eigenvalue weighted by molar-refractivity contribution is 6.10. The first-order valence-corrected chi connectivity index (χ1v) is 7.51. The largest absolute Gasteiger partial charge is 0.478 e. The summed E-state index contributed by atoms with van der Waals surface area (Å²) in [6.45, 7) is 2.18. The predicted octanol–water partition coefficient (Wildman–Crippen LogP) is 3.09. The summed E-state index contributed by atoms with van der Waals surface area (Å²) >= 11 is 0. The molecule has 1 aliphatic heterocycles. The molecule has 0 atom stereocenters. The molecule has 3 N–H and O–H groups in total. The van der Waals surface area contributed by atoms with E-state index in [0.29, 0.717) is 17.3 Å². The van der Waals surface area contributed by atoms with Gasteiger partial charge in [0.05, 0.1) is 16.9 Å². The van der Waals surface area contributed by atoms with Gasteiger partial charge in [0.25, 0.3) is 0 Å². The molecule has 3 rings (SSSR count). The lowest BCUT2D eigenvalue weighted by molar-refractivity contribution is -0.121. The van der Waals surface area contributed by atoms with E-state index in [1.165, 1.54) is 0 Å². The van der Waals surface area contributed by atoms with Gasteiger partial charge in [0, 0.05) is 0 Å². The van der Waals surface area contributed by atoms with Gasteiger partial charge < -0.3 is 15.7 Å². The van der Waals surface area contributed by atoms with Gasteiger partial charge in [-0.15, -0.1) is 0 Å². The average Bonchev–Trinajstić information content (AvgIpc) is 2.48. The molecule has 1 aromatic carbocycles. The van der Waals surface area contributed by atoms with Crippen molar-refractivity contribution in [2.45, 2.75) is 44.6 Å². The van der Waals surface area contributed by atoms with E-state index in [9.17, 15) is 14.7 Å². The minimum atomic E-state index is -0.979. The van der Waals surface area contributed by atoms with Gasteiger partial charge in [-0.3, -0.25) is 4.79 Å². The average molecular weight is 288 g/mol. The van der Waals surface area contributed by atoms with Crippen LogP contribution in [0.5, 0.6) is 0 Å². The van der Waals surface area contributed by atoms with Gasteiger partial charge in [-0.1, -0.05) is 19.4 Å². The molecule has 1 saturated carbocycles. The van der Waals surface area contributed by atoms with Crippen LogP contribution in [0.15, 0.2) is 18.2 Å². The molecular formula is C16H20N2O3. The van der Waals surface area contributed by atoms with E-state index >= 15 is 0 Å². The van der Waals surface area contributed by atoms with E-state index in [1.54, 1.807) is 18.2 Å². The Hall–Kier alpha value is -2.04. The molecule has 0 radical (unpaired) electrons. The van der Waals surface area contributed by atoms with E-state index in [4.69, 9.17) is 0 Å². The number of benzene rings is 1. The third-order valence-electron chi connectivity index (χ3n) is 4.88. The van der Waals surface area contributed by atoms with E-state index in [-0.39, 0.29) is 11.5 Å². The number of carboxylic acid groups (broad SMARTS) is 1. The third kappa shape index (κ3) is 2.26. The smallest absolute Gasteiger partial charge is 0.337 e. The van der Waals surface area contributed by atoms with Crippen LogP contribution in [0.4, 0.5) is 11.4 Å². The maximum absolute atomic E-state index is 12.5. The van der Waals surface area contributed by atoms with Crippen molar-refractivity contribution in [2.24, 2.45) is 5.92 Å². The molecule has 5 heteroatoms. The standard InChI is InChI=1S/C16H20N2O3/c1-2-10-6-8-16(9-7-10)15(21)17-12-5-3-4-11(14(19)20)13(12)18-16/h3-5,10,18H,2,6-9H2,1H3,(H,17,21)(H,19,20). The molecular weight excluding hydrogens is 268 g/mol. The topological polar surface area (TPSA) is 78.4 Å². The Balaban J connectivity index is 1.94. The van der Waals surface area contributed by atoms with Crippen molar-refractivity contribution in [1.82, 2.24) is 0 Å². The van der Waals surface area contributed by atoms with Crippen LogP contribution in [0.2, 0.25) is 0 Å². The number of para-hydroxylation sites is 1. The maximum atomic E-state index is 12.5. The summed E-state index contributed by atoms with van der Waals surface area (Å²) in [6.07, 6.45) is 4.65. The molecule has 1 aromatic rings. The fourth-order valence-electron chi connectivity index (χ4n) is 3.44. The normalized spacial score (nSPS) is 27.7. The van der Waals surface area contributed by atoms with E-state index in [0.717, 1.165) is 32.1 Å². The fourth-order valence-corrected chi connectivity index (χ4v) is 3.44. The van der Waals surface area contributed by atoms with Gasteiger partial charge in [0.15, 0.2) is 0 Å². The number of carboxylic acids is 1. The SMILES string of the molecule is CCC1CCC2(CC1)Nc1c(cccc1C(=O)O)NC2=O. The maximum Gasteiger partial charge on any atom is 0.337 e. The van der Waals surface area contributed by atoms with Crippen LogP contribution in [0, 0.1) is 5.92 Å². The van der Waals surface area contributed by atoms with Crippen LogP contribution in [-0.4, -0.2) is 22.5 Å². The van der Waals surface area contributed by atoms with Gasteiger partial charge >= 0.3 is 5.97 Å². The molecule has 0 saturated heterocycles. The van der Waals surface area contributed by atoms with Crippen molar-refractivity contribution in [2.75, 3.05) is 10.6 Å². The molecule has 0 aromatic heterocycles. The monoisotopic (exact) mass is 288 g/mol. The second-order valence-corrected chi connectivity index (χ2v) is 6.05. The van der Waals surface area contributed by atoms with Crippen molar-refractivity contribution >= 4 is 23.3 Å². The highest BCUT2D eigenvalue weighted by atomic mass is 16.4. The van der Waals surface area contributed by atoms with Crippen LogP contribution in [0.25, 0.3) is 0 Å². The lowest BCUT2D eigenvalue weighted by Crippen LogP contribution is -2.54. The van der Waals surface area contributed by atoms with Crippen molar-refractivity contribution in [3.05, 3.63) is 23.8 Å². The molecule has 1 amide bonds. The minimum Gasteiger partial charge on any atom is -0.478 e. The molecule has 1 aliphatic carbocycles. The Morgan fingerprint density at radius 3 is 2.71 bits per heavy atom. The number of hydrogen-bond donors (Lipinski definition) is 3. The fraction of sp³-hybridized carbons (Fsp3) is 0.500. The van der Waals surface area contributed by atoms with Gasteiger partial charge in [-0.25, -0.2) is 4.79 Å². The molecule has 1 fully saturated rings. The summed E-state index contributed by atoms with van der Waals surface area (Å²) in [4.78, 5) is 23.9. The molecule has 21 heavy (non-hydrogen) atoms. The highest BCUT2D eigenvalue weighted by Gasteiger charge is 2.45. The van der Waals surface area contributed by atoms with E-state index in [1.807, 2.05) is 0 Å². The summed E-state index contributed by atoms with van der Waals surface area (Å²) in [5.74, 6) is -0.346. The molecule has 1 spiro atoms. The van der Waals surface area contributed by atoms with Gasteiger partial charge in [0.2, 0.25) is 5.91 Å². The number of anilines is 2. The molecule has 0 bridgehead atoms. The van der Waals surface area contributed by atoms with Crippen LogP contribution < -0.4 is 10.6 Å². The molecule has 5 nitrogen and oxygen atoms in total. The second kappa shape index (κ2) is 5.06. The van der Waals surface area contributed by atoms with Crippen LogP contribution >= 0.6 is 0 Å². The zero-order valence-corrected chi connectivity index (χ0v) is 12.1. The molecule has 0 unspecified atom stereocenters. The lowest BCUT2D eigenvalue weighted by atomic mass is 9.74. The van der Waals surface area contributed by atoms with Crippen LogP contribution in [0.1, 0.15) is 49.4 Å². The number of aromatic carboxylic acids is 1. The van der Waals surface area contributed by atoms with Crippen molar-refractivity contribution in [3.8, 4) is 0 Å². The Morgan fingerprint density at radius 1 is 1.38 bits per heavy atom. The Labute approximate surface area is 123 Å². The number of carbonyl (C=O) groups excluding carboxylic acids is 1. The van der Waals surface area contributed by atoms with Crippen molar-refractivity contribution < 1.29 is 14.7 Å². The summed E-state index contributed by atoms with van der Waals surface area (Å²) in [6, 6.07) is 4.95. The predicted molar refractivity (Wildman–Crippen MR) is 80.6 cm³/mol. The van der Waals surface area contributed by atoms with Crippen LogP contribution in [-0.2, 0) is 4.79 Å². The first-order valence-electron chi connectivity index (χ1n) is 7.51. The lowest BCUT2D eigenvalue weighted by Gasteiger charge is -2.43. The van der Waals surface area contributed by atoms with Gasteiger partial charge in [-0.2, -0.15) is 0 Å². The summed E-state index contributed by atoms with van der Waals surface area (Å²) in [7, 11) is 0. The third-order valence-corrected chi connectivity index (χ3v) is 4.88. The summed E-state index contributed by atoms with van der Waals surface area (Å²) in [5.41, 5.74) is 0.664. The number of rotatable bonds is 2. The first kappa shape index (κ1) is 13.9. The second-order valence-electron chi connectivity index (χ2n) is 6.05. The van der Waals surface area contributed by atoms with Crippen molar-refractivity contribution in [3.63, 3.8) is 0 Å². The number of fused-ring (bicyclic) bond motifs is 1. The quantitative estimate of drug-likeness (QED) is 0.781. The Kier molecular flexibility index (Phi) is 3.35. The van der Waals surface area contributed by atoms with Crippen molar-refractivity contribution in [1.29, 1.82) is 0 Å². The Bertz CT molecular complexity index is 589. The molecule has 1 heterocycles. The van der Waals surface area contributed by atoms with Gasteiger partial charge in [-0.05, 0) is 43.7 Å². The van der Waals surface area contributed by atoms with E-state index in [2.05, 4.69) is 17.6 Å². The zero-order valence-electron chi connectivity index (χ0n) is 12.1.